The van der Waals surface area contributed by atoms with Gasteiger partial charge in [-0.3, -0.25) is 9.35 Å². The zero-order valence-corrected chi connectivity index (χ0v) is 47.7. The monoisotopic (exact) mass is 1070 g/mol. The molecule has 432 valence electrons. The summed E-state index contributed by atoms with van der Waals surface area (Å²) in [4.78, 5) is 13.0. The van der Waals surface area contributed by atoms with Crippen LogP contribution < -0.4 is 0 Å². The topological polar surface area (TPSA) is 178 Å². The van der Waals surface area contributed by atoms with Crippen LogP contribution in [0.3, 0.4) is 0 Å². The van der Waals surface area contributed by atoms with Crippen LogP contribution in [-0.2, 0) is 38.3 Å². The van der Waals surface area contributed by atoms with Crippen LogP contribution in [0.2, 0.25) is 0 Å². The van der Waals surface area contributed by atoms with Gasteiger partial charge in [0.1, 0.15) is 30.5 Å². The predicted molar refractivity (Wildman–Crippen MR) is 303 cm³/mol. The summed E-state index contributed by atoms with van der Waals surface area (Å²) in [5.74, 6) is -0.399. The van der Waals surface area contributed by atoms with E-state index >= 15 is 0 Å². The van der Waals surface area contributed by atoms with Gasteiger partial charge >= 0.3 is 16.4 Å². The summed E-state index contributed by atoms with van der Waals surface area (Å²) in [6.07, 6.45) is 58.3. The van der Waals surface area contributed by atoms with E-state index in [2.05, 4.69) is 78.8 Å². The molecule has 0 aromatic rings. The fourth-order valence-electron chi connectivity index (χ4n) is 9.13. The summed E-state index contributed by atoms with van der Waals surface area (Å²) in [6, 6.07) is 0. The highest BCUT2D eigenvalue weighted by Crippen LogP contribution is 2.26. The Morgan fingerprint density at radius 1 is 0.527 bits per heavy atom. The normalized spacial score (nSPS) is 19.1. The molecule has 6 atom stereocenters. The largest absolute Gasteiger partial charge is 0.457 e. The molecule has 13 heteroatoms. The summed E-state index contributed by atoms with van der Waals surface area (Å²) >= 11 is 0. The fraction of sp³-hybridized carbons (Fsp3) is 0.820. The zero-order valence-electron chi connectivity index (χ0n) is 46.9. The van der Waals surface area contributed by atoms with Gasteiger partial charge < -0.3 is 34.3 Å². The summed E-state index contributed by atoms with van der Waals surface area (Å²) in [5.41, 5.74) is 0. The maximum Gasteiger partial charge on any atom is 0.397 e. The third-order valence-corrected chi connectivity index (χ3v) is 14.1. The SMILES string of the molecule is CC/C=C\C/C=C\C/C=C\C/C=C\CCCCCCCCCCCCCCCOCC(COC1OC(CO)C(O)C(OS(=O)(=O)O)C1O)OC(=O)CCCCCCCCCCC/C=C\CCCCCCCCCC. The minimum Gasteiger partial charge on any atom is -0.457 e. The van der Waals surface area contributed by atoms with Crippen molar-refractivity contribution in [2.75, 3.05) is 26.4 Å². The van der Waals surface area contributed by atoms with Crippen molar-refractivity contribution in [1.29, 1.82) is 0 Å². The number of unbranched alkanes of at least 4 members (excludes halogenated alkanes) is 30. The molecule has 74 heavy (non-hydrogen) atoms. The highest BCUT2D eigenvalue weighted by Gasteiger charge is 2.48. The summed E-state index contributed by atoms with van der Waals surface area (Å²) in [6.45, 7) is 3.91. The van der Waals surface area contributed by atoms with Crippen LogP contribution in [0.5, 0.6) is 0 Å². The minimum absolute atomic E-state index is 0.0342. The number of hydrogen-bond acceptors (Lipinski definition) is 11. The van der Waals surface area contributed by atoms with E-state index in [1.165, 1.54) is 167 Å². The van der Waals surface area contributed by atoms with Gasteiger partial charge in [-0.2, -0.15) is 8.42 Å². The number of allylic oxidation sites excluding steroid dienone is 10. The Balaban J connectivity index is 2.27. The van der Waals surface area contributed by atoms with Crippen LogP contribution in [0.4, 0.5) is 0 Å². The first kappa shape index (κ1) is 69.8. The standard InChI is InChI=1S/C61H110O12S/c1-3-5-7-9-11-13-15-17-19-21-23-25-26-27-28-29-31-33-35-37-39-41-43-45-47-49-51-69-53-55(54-70-61-59(65)60(73-74(66,67)68)58(64)56(52-62)72-61)71-57(63)50-48-46-44-42-40-38-36-34-32-30-24-22-20-18-16-14-12-10-8-6-4-2/h5,7,11,13,17,19,22-25,55-56,58-62,64-65H,3-4,6,8-10,12,14-16,18,20-21,26-54H2,1-2H3,(H,66,67,68)/b7-5-,13-11-,19-17-,24-22-,25-23-. The maximum atomic E-state index is 13.0. The molecule has 0 saturated carbocycles. The summed E-state index contributed by atoms with van der Waals surface area (Å²) in [5, 5.41) is 30.9. The minimum atomic E-state index is -5.07. The Kier molecular flexibility index (Phi) is 48.6. The van der Waals surface area contributed by atoms with Crippen LogP contribution in [0.25, 0.3) is 0 Å². The van der Waals surface area contributed by atoms with E-state index < -0.39 is 59.8 Å². The highest BCUT2D eigenvalue weighted by molar-refractivity contribution is 7.80. The van der Waals surface area contributed by atoms with Crippen molar-refractivity contribution in [3.63, 3.8) is 0 Å². The van der Waals surface area contributed by atoms with Gasteiger partial charge in [-0.1, -0.05) is 235 Å². The van der Waals surface area contributed by atoms with Crippen molar-refractivity contribution in [1.82, 2.24) is 0 Å². The van der Waals surface area contributed by atoms with Crippen LogP contribution in [0.1, 0.15) is 258 Å². The molecule has 6 unspecified atom stereocenters. The number of carbonyl (C=O) groups is 1. The fourth-order valence-corrected chi connectivity index (χ4v) is 9.64. The predicted octanol–water partition coefficient (Wildman–Crippen LogP) is 15.2. The third-order valence-electron chi connectivity index (χ3n) is 13.6. The number of ether oxygens (including phenoxy) is 4. The Bertz CT molecular complexity index is 1510. The van der Waals surface area contributed by atoms with Crippen molar-refractivity contribution in [3.05, 3.63) is 60.8 Å². The molecule has 4 N–H and O–H groups in total. The molecule has 12 nitrogen and oxygen atoms in total. The Morgan fingerprint density at radius 2 is 0.932 bits per heavy atom. The molecule has 0 aromatic carbocycles. The number of aliphatic hydroxyl groups is 3. The smallest absolute Gasteiger partial charge is 0.397 e. The van der Waals surface area contributed by atoms with Crippen molar-refractivity contribution < 1.29 is 56.2 Å². The van der Waals surface area contributed by atoms with Crippen LogP contribution >= 0.6 is 0 Å². The van der Waals surface area contributed by atoms with Gasteiger partial charge in [0.15, 0.2) is 6.29 Å². The molecule has 1 fully saturated rings. The molecule has 1 saturated heterocycles. The van der Waals surface area contributed by atoms with E-state index in [9.17, 15) is 33.1 Å². The summed E-state index contributed by atoms with van der Waals surface area (Å²) < 4.78 is 59.5. The van der Waals surface area contributed by atoms with E-state index in [0.717, 1.165) is 64.2 Å². The Labute approximate surface area is 452 Å². The molecule has 0 spiro atoms. The molecule has 1 aliphatic rings. The van der Waals surface area contributed by atoms with E-state index in [1.54, 1.807) is 0 Å². The van der Waals surface area contributed by atoms with Crippen molar-refractivity contribution >= 4 is 16.4 Å². The second kappa shape index (κ2) is 51.6. The average molecular weight is 1070 g/mol. The molecule has 0 amide bonds. The lowest BCUT2D eigenvalue weighted by molar-refractivity contribution is -0.301. The van der Waals surface area contributed by atoms with Gasteiger partial charge in [-0.05, 0) is 77.0 Å². The highest BCUT2D eigenvalue weighted by atomic mass is 32.3. The second-order valence-corrected chi connectivity index (χ2v) is 21.6. The molecule has 0 radical (unpaired) electrons. The van der Waals surface area contributed by atoms with Crippen molar-refractivity contribution in [2.45, 2.75) is 295 Å². The molecule has 0 aliphatic carbocycles. The van der Waals surface area contributed by atoms with Gasteiger partial charge in [0, 0.05) is 13.0 Å². The van der Waals surface area contributed by atoms with Gasteiger partial charge in [0.2, 0.25) is 0 Å². The molecular formula is C61H110O12S. The quantitative estimate of drug-likeness (QED) is 0.0196. The Hall–Kier alpha value is -2.20. The van der Waals surface area contributed by atoms with Gasteiger partial charge in [0.25, 0.3) is 0 Å². The van der Waals surface area contributed by atoms with E-state index in [0.29, 0.717) is 13.0 Å². The van der Waals surface area contributed by atoms with Crippen molar-refractivity contribution in [2.24, 2.45) is 0 Å². The second-order valence-electron chi connectivity index (χ2n) is 20.6. The van der Waals surface area contributed by atoms with Crippen LogP contribution in [-0.4, -0.2) is 97.5 Å². The third kappa shape index (κ3) is 43.9. The van der Waals surface area contributed by atoms with E-state index in [1.807, 2.05) is 0 Å². The lowest BCUT2D eigenvalue weighted by atomic mass is 9.99. The molecule has 1 aliphatic heterocycles. The first-order valence-corrected chi connectivity index (χ1v) is 31.4. The summed E-state index contributed by atoms with van der Waals surface area (Å²) in [7, 11) is -5.07. The molecule has 1 heterocycles. The molecular weight excluding hydrogens is 957 g/mol. The molecule has 0 aromatic heterocycles. The first-order valence-electron chi connectivity index (χ1n) is 30.0. The average Bonchev–Trinajstić information content (AvgIpc) is 3.38. The number of aliphatic hydroxyl groups excluding tert-OH is 3. The number of carbonyl (C=O) groups excluding carboxylic acids is 1. The first-order chi connectivity index (χ1) is 36.1. The van der Waals surface area contributed by atoms with E-state index in [4.69, 9.17) is 18.9 Å². The van der Waals surface area contributed by atoms with Crippen molar-refractivity contribution in [3.8, 4) is 0 Å². The molecule has 0 bridgehead atoms. The van der Waals surface area contributed by atoms with Gasteiger partial charge in [0.05, 0.1) is 19.8 Å². The van der Waals surface area contributed by atoms with Gasteiger partial charge in [-0.15, -0.1) is 0 Å². The molecule has 1 rings (SSSR count). The Morgan fingerprint density at radius 3 is 1.38 bits per heavy atom. The number of rotatable bonds is 53. The van der Waals surface area contributed by atoms with E-state index in [-0.39, 0.29) is 19.6 Å². The van der Waals surface area contributed by atoms with Gasteiger partial charge in [-0.25, -0.2) is 4.18 Å². The lowest BCUT2D eigenvalue weighted by Gasteiger charge is -2.41. The zero-order chi connectivity index (χ0) is 53.8. The van der Waals surface area contributed by atoms with Crippen LogP contribution in [0, 0.1) is 0 Å². The maximum absolute atomic E-state index is 13.0. The number of esters is 1. The lowest BCUT2D eigenvalue weighted by Crippen LogP contribution is -2.60. The number of hydrogen-bond donors (Lipinski definition) is 4. The van der Waals surface area contributed by atoms with Crippen LogP contribution in [0.15, 0.2) is 60.8 Å².